The van der Waals surface area contributed by atoms with Gasteiger partial charge in [0.15, 0.2) is 0 Å². The van der Waals surface area contributed by atoms with E-state index in [1.807, 2.05) is 24.3 Å². The van der Waals surface area contributed by atoms with Gasteiger partial charge in [0.05, 0.1) is 24.8 Å². The molecule has 0 amide bonds. The van der Waals surface area contributed by atoms with Gasteiger partial charge in [-0.25, -0.2) is 8.42 Å². The van der Waals surface area contributed by atoms with E-state index >= 15 is 0 Å². The third-order valence-electron chi connectivity index (χ3n) is 3.86. The number of ether oxygens (including phenoxy) is 1. The van der Waals surface area contributed by atoms with Gasteiger partial charge in [0.25, 0.3) is 0 Å². The maximum atomic E-state index is 13.1. The Kier molecular flexibility index (Phi) is 5.66. The average molecular weight is 392 g/mol. The Bertz CT molecular complexity index is 953. The lowest BCUT2D eigenvalue weighted by atomic mass is 10.2. The molecule has 0 bridgehead atoms. The van der Waals surface area contributed by atoms with Crippen molar-refractivity contribution in [3.05, 3.63) is 83.3 Å². The van der Waals surface area contributed by atoms with E-state index < -0.39 is 10.0 Å². The van der Waals surface area contributed by atoms with Gasteiger partial charge >= 0.3 is 0 Å². The van der Waals surface area contributed by atoms with Crippen LogP contribution in [0.3, 0.4) is 0 Å². The second-order valence-electron chi connectivity index (χ2n) is 5.66. The van der Waals surface area contributed by atoms with Gasteiger partial charge in [-0.3, -0.25) is 0 Å². The molecular formula is C19H18ClNO4S. The highest BCUT2D eigenvalue weighted by Crippen LogP contribution is 2.24. The van der Waals surface area contributed by atoms with Crippen LogP contribution < -0.4 is 4.74 Å². The molecule has 0 aliphatic rings. The maximum Gasteiger partial charge on any atom is 0.243 e. The molecule has 1 heterocycles. The molecule has 2 aromatic carbocycles. The van der Waals surface area contributed by atoms with Crippen molar-refractivity contribution >= 4 is 21.6 Å². The zero-order valence-corrected chi connectivity index (χ0v) is 15.7. The third kappa shape index (κ3) is 4.27. The van der Waals surface area contributed by atoms with Crippen molar-refractivity contribution in [2.24, 2.45) is 0 Å². The first kappa shape index (κ1) is 18.5. The van der Waals surface area contributed by atoms with Crippen molar-refractivity contribution in [1.29, 1.82) is 0 Å². The lowest BCUT2D eigenvalue weighted by Gasteiger charge is -2.21. The normalized spacial score (nSPS) is 11.7. The van der Waals surface area contributed by atoms with Crippen LogP contribution in [0.4, 0.5) is 0 Å². The quantitative estimate of drug-likeness (QED) is 0.601. The highest BCUT2D eigenvalue weighted by Gasteiger charge is 2.26. The molecule has 5 nitrogen and oxygen atoms in total. The highest BCUT2D eigenvalue weighted by molar-refractivity contribution is 7.89. The monoisotopic (exact) mass is 391 g/mol. The van der Waals surface area contributed by atoms with Crippen LogP contribution in [-0.2, 0) is 23.1 Å². The second-order valence-corrected chi connectivity index (χ2v) is 8.03. The number of benzene rings is 2. The first-order chi connectivity index (χ1) is 12.5. The Morgan fingerprint density at radius 3 is 2.46 bits per heavy atom. The summed E-state index contributed by atoms with van der Waals surface area (Å²) < 4.78 is 38.2. The Morgan fingerprint density at radius 2 is 1.81 bits per heavy atom. The average Bonchev–Trinajstić information content (AvgIpc) is 3.15. The summed E-state index contributed by atoms with van der Waals surface area (Å²) in [5, 5.41) is 0.481. The van der Waals surface area contributed by atoms with Crippen LogP contribution in [-0.4, -0.2) is 19.8 Å². The van der Waals surface area contributed by atoms with Crippen molar-refractivity contribution in [2.45, 2.75) is 18.0 Å². The van der Waals surface area contributed by atoms with E-state index in [2.05, 4.69) is 0 Å². The number of furan rings is 1. The van der Waals surface area contributed by atoms with Crippen molar-refractivity contribution in [3.8, 4) is 5.75 Å². The number of methoxy groups -OCH3 is 1. The summed E-state index contributed by atoms with van der Waals surface area (Å²) >= 11 is 5.88. The molecule has 0 unspecified atom stereocenters. The molecule has 7 heteroatoms. The van der Waals surface area contributed by atoms with E-state index in [0.29, 0.717) is 16.5 Å². The van der Waals surface area contributed by atoms with Gasteiger partial charge in [-0.05, 0) is 54.1 Å². The van der Waals surface area contributed by atoms with E-state index in [-0.39, 0.29) is 18.0 Å². The van der Waals surface area contributed by atoms with Gasteiger partial charge < -0.3 is 9.15 Å². The summed E-state index contributed by atoms with van der Waals surface area (Å²) in [7, 11) is -2.16. The van der Waals surface area contributed by atoms with Gasteiger partial charge in [-0.15, -0.1) is 0 Å². The van der Waals surface area contributed by atoms with E-state index in [0.717, 1.165) is 5.56 Å². The van der Waals surface area contributed by atoms with Crippen LogP contribution in [0.5, 0.6) is 5.75 Å². The number of rotatable bonds is 7. The second kappa shape index (κ2) is 7.95. The zero-order valence-electron chi connectivity index (χ0n) is 14.1. The number of sulfonamides is 1. The van der Waals surface area contributed by atoms with Crippen molar-refractivity contribution in [3.63, 3.8) is 0 Å². The van der Waals surface area contributed by atoms with Gasteiger partial charge in [0.1, 0.15) is 11.5 Å². The molecular weight excluding hydrogens is 374 g/mol. The third-order valence-corrected chi connectivity index (χ3v) is 5.91. The zero-order chi connectivity index (χ0) is 18.6. The highest BCUT2D eigenvalue weighted by atomic mass is 35.5. The molecule has 0 radical (unpaired) electrons. The Hall–Kier alpha value is -2.28. The molecule has 3 aromatic rings. The molecule has 26 heavy (non-hydrogen) atoms. The minimum Gasteiger partial charge on any atom is -0.497 e. The van der Waals surface area contributed by atoms with Crippen LogP contribution in [0.2, 0.25) is 5.02 Å². The fourth-order valence-corrected chi connectivity index (χ4v) is 4.05. The van der Waals surface area contributed by atoms with Crippen LogP contribution in [0.1, 0.15) is 11.3 Å². The summed E-state index contributed by atoms with van der Waals surface area (Å²) in [6, 6.07) is 16.9. The van der Waals surface area contributed by atoms with Crippen LogP contribution in [0.15, 0.2) is 76.2 Å². The predicted molar refractivity (Wildman–Crippen MR) is 99.6 cm³/mol. The van der Waals surface area contributed by atoms with Crippen molar-refractivity contribution in [1.82, 2.24) is 4.31 Å². The predicted octanol–water partition coefficient (Wildman–Crippen LogP) is 4.33. The Balaban J connectivity index is 1.95. The van der Waals surface area contributed by atoms with Crippen molar-refractivity contribution in [2.75, 3.05) is 7.11 Å². The molecule has 0 fully saturated rings. The van der Waals surface area contributed by atoms with Crippen LogP contribution >= 0.6 is 11.6 Å². The first-order valence-electron chi connectivity index (χ1n) is 7.90. The summed E-state index contributed by atoms with van der Waals surface area (Å²) in [5.41, 5.74) is 0.813. The van der Waals surface area contributed by atoms with Gasteiger partial charge in [0, 0.05) is 11.6 Å². The minimum atomic E-state index is -3.74. The molecule has 0 saturated heterocycles. The Labute approximate surface area is 157 Å². The largest absolute Gasteiger partial charge is 0.497 e. The summed E-state index contributed by atoms with van der Waals surface area (Å²) in [6.45, 7) is 0.304. The summed E-state index contributed by atoms with van der Waals surface area (Å²) in [4.78, 5) is 0.177. The smallest absolute Gasteiger partial charge is 0.243 e. The molecule has 0 aliphatic heterocycles. The lowest BCUT2D eigenvalue weighted by Crippen LogP contribution is -2.30. The molecule has 0 atom stereocenters. The van der Waals surface area contributed by atoms with Gasteiger partial charge in [-0.1, -0.05) is 23.7 Å². The number of halogens is 1. The van der Waals surface area contributed by atoms with Crippen molar-refractivity contribution < 1.29 is 17.6 Å². The lowest BCUT2D eigenvalue weighted by molar-refractivity contribution is 0.357. The number of hydrogen-bond acceptors (Lipinski definition) is 4. The Morgan fingerprint density at radius 1 is 1.04 bits per heavy atom. The summed E-state index contributed by atoms with van der Waals surface area (Å²) in [5.74, 6) is 1.23. The molecule has 1 aromatic heterocycles. The number of hydrogen-bond donors (Lipinski definition) is 0. The first-order valence-corrected chi connectivity index (χ1v) is 9.72. The molecule has 0 aliphatic carbocycles. The minimum absolute atomic E-state index is 0.120. The standard InChI is InChI=1S/C19H18ClNO4S/c1-24-17-5-2-4-15(12-17)13-21(14-18-6-3-11-25-18)26(22,23)19-9-7-16(20)8-10-19/h2-12H,13-14H2,1H3. The van der Waals surface area contributed by atoms with E-state index in [1.165, 1.54) is 22.7 Å². The molecule has 0 N–H and O–H groups in total. The fraction of sp³-hybridized carbons (Fsp3) is 0.158. The van der Waals surface area contributed by atoms with E-state index in [1.54, 1.807) is 31.4 Å². The molecule has 136 valence electrons. The van der Waals surface area contributed by atoms with Gasteiger partial charge in [-0.2, -0.15) is 4.31 Å². The van der Waals surface area contributed by atoms with Crippen LogP contribution in [0.25, 0.3) is 0 Å². The van der Waals surface area contributed by atoms with Gasteiger partial charge in [0.2, 0.25) is 10.0 Å². The molecule has 0 saturated carbocycles. The van der Waals surface area contributed by atoms with Crippen LogP contribution in [0, 0.1) is 0 Å². The van der Waals surface area contributed by atoms with E-state index in [4.69, 9.17) is 20.8 Å². The molecule has 3 rings (SSSR count). The number of nitrogens with zero attached hydrogens (tertiary/aromatic N) is 1. The summed E-state index contributed by atoms with van der Waals surface area (Å²) in [6.07, 6.45) is 1.52. The SMILES string of the molecule is COc1cccc(CN(Cc2ccco2)S(=O)(=O)c2ccc(Cl)cc2)c1. The maximum absolute atomic E-state index is 13.1. The topological polar surface area (TPSA) is 59.8 Å². The van der Waals surface area contributed by atoms with E-state index in [9.17, 15) is 8.42 Å². The molecule has 0 spiro atoms. The fourth-order valence-electron chi connectivity index (χ4n) is 2.53.